The predicted molar refractivity (Wildman–Crippen MR) is 61.3 cm³/mol. The Hall–Kier alpha value is -1.04. The zero-order valence-electron chi connectivity index (χ0n) is 8.56. The summed E-state index contributed by atoms with van der Waals surface area (Å²) in [5.41, 5.74) is 0.608. The first-order valence-electron chi connectivity index (χ1n) is 4.74. The van der Waals surface area contributed by atoms with E-state index in [1.54, 1.807) is 19.2 Å². The molecule has 0 spiro atoms. The van der Waals surface area contributed by atoms with Crippen LogP contribution in [0.4, 0.5) is 4.39 Å². The van der Waals surface area contributed by atoms with Crippen molar-refractivity contribution in [2.24, 2.45) is 0 Å². The molecular weight excluding hydrogens is 213 g/mol. The molecule has 15 heavy (non-hydrogen) atoms. The van der Waals surface area contributed by atoms with Crippen LogP contribution in [0.2, 0.25) is 5.02 Å². The highest BCUT2D eigenvalue weighted by Crippen LogP contribution is 2.23. The highest BCUT2D eigenvalue weighted by molar-refractivity contribution is 6.30. The van der Waals surface area contributed by atoms with E-state index in [0.29, 0.717) is 23.4 Å². The molecule has 0 heterocycles. The van der Waals surface area contributed by atoms with Crippen molar-refractivity contribution in [3.8, 4) is 12.3 Å². The number of hydrogen-bond donors (Lipinski definition) is 1. The Labute approximate surface area is 94.6 Å². The van der Waals surface area contributed by atoms with Gasteiger partial charge in [-0.3, -0.25) is 0 Å². The van der Waals surface area contributed by atoms with Gasteiger partial charge in [0.05, 0.1) is 0 Å². The molecule has 1 aromatic rings. The fourth-order valence-electron chi connectivity index (χ4n) is 1.47. The molecule has 1 unspecified atom stereocenters. The molecule has 0 saturated carbocycles. The van der Waals surface area contributed by atoms with Crippen LogP contribution >= 0.6 is 11.6 Å². The molecule has 1 nitrogen and oxygen atoms in total. The summed E-state index contributed by atoms with van der Waals surface area (Å²) in [6, 6.07) is 4.63. The second-order valence-electron chi connectivity index (χ2n) is 3.25. The van der Waals surface area contributed by atoms with Gasteiger partial charge >= 0.3 is 0 Å². The highest BCUT2D eigenvalue weighted by Gasteiger charge is 2.13. The topological polar surface area (TPSA) is 12.0 Å². The van der Waals surface area contributed by atoms with Crippen LogP contribution in [-0.2, 0) is 0 Å². The third-order valence-corrected chi connectivity index (χ3v) is 2.50. The van der Waals surface area contributed by atoms with E-state index in [2.05, 4.69) is 11.2 Å². The van der Waals surface area contributed by atoms with Gasteiger partial charge in [0.25, 0.3) is 0 Å². The van der Waals surface area contributed by atoms with Crippen molar-refractivity contribution >= 4 is 11.6 Å². The summed E-state index contributed by atoms with van der Waals surface area (Å²) in [6.45, 7) is 0. The molecule has 0 radical (unpaired) electrons. The van der Waals surface area contributed by atoms with Gasteiger partial charge in [-0.25, -0.2) is 4.39 Å². The summed E-state index contributed by atoms with van der Waals surface area (Å²) >= 11 is 5.68. The van der Waals surface area contributed by atoms with Gasteiger partial charge < -0.3 is 5.32 Å². The Morgan fingerprint density at radius 3 is 2.87 bits per heavy atom. The van der Waals surface area contributed by atoms with Gasteiger partial charge in [-0.1, -0.05) is 17.7 Å². The van der Waals surface area contributed by atoms with Crippen molar-refractivity contribution in [3.05, 3.63) is 34.6 Å². The first kappa shape index (κ1) is 12.0. The van der Waals surface area contributed by atoms with E-state index in [0.717, 1.165) is 0 Å². The molecule has 1 N–H and O–H groups in total. The number of benzene rings is 1. The average Bonchev–Trinajstić information content (AvgIpc) is 2.21. The molecule has 3 heteroatoms. The summed E-state index contributed by atoms with van der Waals surface area (Å²) in [5, 5.41) is 3.44. The molecule has 0 aliphatic rings. The van der Waals surface area contributed by atoms with Gasteiger partial charge in [0.2, 0.25) is 0 Å². The van der Waals surface area contributed by atoms with Gasteiger partial charge in [-0.15, -0.1) is 12.3 Å². The van der Waals surface area contributed by atoms with E-state index in [9.17, 15) is 4.39 Å². The molecule has 80 valence electrons. The Balaban J connectivity index is 2.87. The van der Waals surface area contributed by atoms with Crippen LogP contribution in [0.5, 0.6) is 0 Å². The van der Waals surface area contributed by atoms with Crippen molar-refractivity contribution in [1.82, 2.24) is 5.32 Å². The normalized spacial score (nSPS) is 12.1. The van der Waals surface area contributed by atoms with Crippen molar-refractivity contribution in [1.29, 1.82) is 0 Å². The lowest BCUT2D eigenvalue weighted by Gasteiger charge is -2.16. The lowest BCUT2D eigenvalue weighted by molar-refractivity contribution is 0.514. The van der Waals surface area contributed by atoms with Crippen LogP contribution in [-0.4, -0.2) is 7.05 Å². The molecule has 0 aliphatic heterocycles. The van der Waals surface area contributed by atoms with Crippen LogP contribution in [0, 0.1) is 18.2 Å². The fourth-order valence-corrected chi connectivity index (χ4v) is 1.63. The Bertz CT molecular complexity index is 370. The van der Waals surface area contributed by atoms with Crippen LogP contribution in [0.25, 0.3) is 0 Å². The largest absolute Gasteiger partial charge is 0.313 e. The molecule has 0 amide bonds. The van der Waals surface area contributed by atoms with Crippen molar-refractivity contribution < 1.29 is 4.39 Å². The van der Waals surface area contributed by atoms with Crippen LogP contribution in [0.3, 0.4) is 0 Å². The SMILES string of the molecule is C#CCCC(NC)c1ccc(Cl)cc1F. The summed E-state index contributed by atoms with van der Waals surface area (Å²) in [7, 11) is 1.79. The monoisotopic (exact) mass is 225 g/mol. The number of terminal acetylenes is 1. The van der Waals surface area contributed by atoms with E-state index < -0.39 is 0 Å². The van der Waals surface area contributed by atoms with E-state index in [4.69, 9.17) is 18.0 Å². The van der Waals surface area contributed by atoms with Gasteiger partial charge in [0.1, 0.15) is 5.82 Å². The third-order valence-electron chi connectivity index (χ3n) is 2.26. The first-order chi connectivity index (χ1) is 7.19. The van der Waals surface area contributed by atoms with Gasteiger partial charge in [0, 0.05) is 23.0 Å². The number of hydrogen-bond acceptors (Lipinski definition) is 1. The highest BCUT2D eigenvalue weighted by atomic mass is 35.5. The minimum Gasteiger partial charge on any atom is -0.313 e. The minimum atomic E-state index is -0.293. The average molecular weight is 226 g/mol. The maximum Gasteiger partial charge on any atom is 0.129 e. The van der Waals surface area contributed by atoms with E-state index in [1.807, 2.05) is 0 Å². The van der Waals surface area contributed by atoms with Crippen molar-refractivity contribution in [2.75, 3.05) is 7.05 Å². The summed E-state index contributed by atoms with van der Waals surface area (Å²) in [6.07, 6.45) is 6.51. The second kappa shape index (κ2) is 5.75. The van der Waals surface area contributed by atoms with Gasteiger partial charge in [-0.05, 0) is 25.6 Å². The van der Waals surface area contributed by atoms with Crippen LogP contribution in [0.15, 0.2) is 18.2 Å². The number of rotatable bonds is 4. The number of nitrogens with one attached hydrogen (secondary N) is 1. The Morgan fingerprint density at radius 1 is 1.60 bits per heavy atom. The molecule has 1 atom stereocenters. The zero-order chi connectivity index (χ0) is 11.3. The lowest BCUT2D eigenvalue weighted by Crippen LogP contribution is -2.17. The second-order valence-corrected chi connectivity index (χ2v) is 3.69. The van der Waals surface area contributed by atoms with Gasteiger partial charge in [0.15, 0.2) is 0 Å². The maximum absolute atomic E-state index is 13.5. The van der Waals surface area contributed by atoms with Gasteiger partial charge in [-0.2, -0.15) is 0 Å². The molecule has 0 aliphatic carbocycles. The van der Waals surface area contributed by atoms with Crippen molar-refractivity contribution in [3.63, 3.8) is 0 Å². The maximum atomic E-state index is 13.5. The van der Waals surface area contributed by atoms with E-state index >= 15 is 0 Å². The Kier molecular flexibility index (Phi) is 4.61. The molecular formula is C12H13ClFN. The van der Waals surface area contributed by atoms with Crippen molar-refractivity contribution in [2.45, 2.75) is 18.9 Å². The third kappa shape index (κ3) is 3.23. The molecule has 0 bridgehead atoms. The molecule has 0 aromatic heterocycles. The number of halogens is 2. The molecule has 1 rings (SSSR count). The van der Waals surface area contributed by atoms with E-state index in [-0.39, 0.29) is 11.9 Å². The molecule has 0 saturated heterocycles. The van der Waals surface area contributed by atoms with E-state index in [1.165, 1.54) is 6.07 Å². The Morgan fingerprint density at radius 2 is 2.33 bits per heavy atom. The zero-order valence-corrected chi connectivity index (χ0v) is 9.31. The fraction of sp³-hybridized carbons (Fsp3) is 0.333. The standard InChI is InChI=1S/C12H13ClFN/c1-3-4-5-12(15-2)10-7-6-9(13)8-11(10)14/h1,6-8,12,15H,4-5H2,2H3. The lowest BCUT2D eigenvalue weighted by atomic mass is 10.0. The minimum absolute atomic E-state index is 0.0571. The predicted octanol–water partition coefficient (Wildman–Crippen LogP) is 3.15. The molecule has 1 aromatic carbocycles. The molecule has 0 fully saturated rings. The summed E-state index contributed by atoms with van der Waals surface area (Å²) in [4.78, 5) is 0. The smallest absolute Gasteiger partial charge is 0.129 e. The van der Waals surface area contributed by atoms with Crippen LogP contribution in [0.1, 0.15) is 24.4 Å². The first-order valence-corrected chi connectivity index (χ1v) is 5.12. The van der Waals surface area contributed by atoms with Crippen LogP contribution < -0.4 is 5.32 Å². The quantitative estimate of drug-likeness (QED) is 0.777. The summed E-state index contributed by atoms with van der Waals surface area (Å²) in [5.74, 6) is 2.25. The summed E-state index contributed by atoms with van der Waals surface area (Å²) < 4.78 is 13.5.